The number of aromatic nitrogens is 8. The molecule has 4 aliphatic rings. The Kier molecular flexibility index (Phi) is 14.4. The molecule has 124 heavy (non-hydrogen) atoms. The Balaban J connectivity index is 0.730. The average Bonchev–Trinajstić information content (AvgIpc) is 1.55. The summed E-state index contributed by atoms with van der Waals surface area (Å²) in [5, 5.41) is 9.56. The van der Waals surface area contributed by atoms with Crippen LogP contribution in [0, 0.1) is 0 Å². The summed E-state index contributed by atoms with van der Waals surface area (Å²) in [5.74, 6) is 0.610. The zero-order valence-corrected chi connectivity index (χ0v) is 70.1. The summed E-state index contributed by atoms with van der Waals surface area (Å²) in [6.07, 6.45) is 8.14. The minimum absolute atomic E-state index is 0.241. The van der Waals surface area contributed by atoms with E-state index < -0.39 is 0 Å². The number of pyridine rings is 2. The Morgan fingerprint density at radius 2 is 0.476 bits per heavy atom. The van der Waals surface area contributed by atoms with Gasteiger partial charge in [-0.05, 0) is 204 Å². The molecule has 8 heteroatoms. The Morgan fingerprint density at radius 1 is 0.194 bits per heavy atom. The Labute approximate surface area is 718 Å². The molecule has 0 aliphatic heterocycles. The molecule has 0 spiro atoms. The van der Waals surface area contributed by atoms with E-state index in [1.54, 1.807) is 0 Å². The van der Waals surface area contributed by atoms with Gasteiger partial charge < -0.3 is 18.3 Å². The number of nitrogens with zero attached hydrogens (tertiary/aromatic N) is 8. The van der Waals surface area contributed by atoms with E-state index in [1.165, 1.54) is 132 Å². The molecule has 0 saturated heterocycles. The molecule has 15 aromatic carbocycles. The summed E-state index contributed by atoms with van der Waals surface area (Å²) in [6, 6.07) is 123. The van der Waals surface area contributed by atoms with Crippen LogP contribution in [0.25, 0.3) is 211 Å². The lowest BCUT2D eigenvalue weighted by Gasteiger charge is -2.23. The molecule has 7 aromatic heterocycles. The van der Waals surface area contributed by atoms with Gasteiger partial charge >= 0.3 is 0 Å². The van der Waals surface area contributed by atoms with Crippen LogP contribution in [-0.4, -0.2) is 38.2 Å². The second kappa shape index (κ2) is 25.3. The lowest BCUT2D eigenvalue weighted by atomic mass is 9.82. The molecular formula is C116H82N8. The third-order valence-electron chi connectivity index (χ3n) is 29.0. The summed E-state index contributed by atoms with van der Waals surface area (Å²) >= 11 is 0. The average molecular weight is 1590 g/mol. The van der Waals surface area contributed by atoms with Crippen molar-refractivity contribution in [3.8, 4) is 123 Å². The minimum atomic E-state index is -0.256. The first-order valence-electron chi connectivity index (χ1n) is 43.4. The molecule has 0 atom stereocenters. The SMILES string of the molecule is CC1(C)c2ccccc2-c2cc3c4ccccc4n(-c4ccncc4-c4cc(-c5cc(-c6ccc(-n7c8ccccc8c8cc9c(cc87)C(C)(C)c7ccccc7-9)c(-c7cnccc7-n7c8ccccc8c8cc9c(cc87)C(C)(C)c7ccccc7-9)c6)nc(-c6ccccc6)n5)ccc4-n4c5ccccc5c5cc6c(cc54)C(C)(C)c4ccccc4-6)c3cc21. The maximum Gasteiger partial charge on any atom is 0.160 e. The van der Waals surface area contributed by atoms with E-state index in [0.717, 1.165) is 117 Å². The number of benzene rings is 15. The highest BCUT2D eigenvalue weighted by Crippen LogP contribution is 2.58. The van der Waals surface area contributed by atoms with Gasteiger partial charge in [0.1, 0.15) is 0 Å². The first-order valence-corrected chi connectivity index (χ1v) is 43.4. The normalized spacial score (nSPS) is 14.5. The van der Waals surface area contributed by atoms with Crippen LogP contribution in [0.2, 0.25) is 0 Å². The van der Waals surface area contributed by atoms with Crippen LogP contribution >= 0.6 is 0 Å². The van der Waals surface area contributed by atoms with E-state index in [9.17, 15) is 0 Å². The Bertz CT molecular complexity index is 8030. The fourth-order valence-electron chi connectivity index (χ4n) is 22.9. The molecule has 4 aliphatic carbocycles. The summed E-state index contributed by atoms with van der Waals surface area (Å²) in [7, 11) is 0. The van der Waals surface area contributed by atoms with Gasteiger partial charge in [-0.2, -0.15) is 0 Å². The van der Waals surface area contributed by atoms with Crippen LogP contribution in [0.4, 0.5) is 0 Å². The monoisotopic (exact) mass is 1590 g/mol. The standard InChI is InChI=1S/C116H82N8/c1-113(2)90-38-20-12-30-70(90)78-56-84-74-34-16-24-42-100(74)121(108(84)60-94(78)113)104-48-46-68(54-82(104)88-65-117-52-50-106(88)123-102-44-26-18-36-76(102)86-58-80-72-32-14-22-40-92(72)115(5,6)96(80)62-110(86)123)98-64-99(120-112(119-98)67-28-10-9-11-29-67)69-47-49-105(122-101-43-25-17-35-75(101)85-57-79-71-31-13-21-39-91(71)114(3,4)95(79)61-109(85)122)83(55-69)89-66-118-53-51-107(89)124-103-45-27-19-37-77(103)87-59-81-73-33-15-23-41-93(73)116(7,8)97(81)63-111(87)124/h9-66H,1-8H3. The molecule has 0 bridgehead atoms. The molecule has 0 fully saturated rings. The quantitative estimate of drug-likeness (QED) is 0.144. The molecule has 22 aromatic rings. The molecule has 8 nitrogen and oxygen atoms in total. The molecular weight excluding hydrogens is 1510 g/mol. The summed E-state index contributed by atoms with van der Waals surface area (Å²) in [5.41, 5.74) is 41.3. The Morgan fingerprint density at radius 3 is 0.798 bits per heavy atom. The number of hydrogen-bond acceptors (Lipinski definition) is 4. The van der Waals surface area contributed by atoms with E-state index in [-0.39, 0.29) is 21.7 Å². The topological polar surface area (TPSA) is 71.3 Å². The summed E-state index contributed by atoms with van der Waals surface area (Å²) in [6.45, 7) is 19.1. The van der Waals surface area contributed by atoms with Crippen molar-refractivity contribution in [1.29, 1.82) is 0 Å². The van der Waals surface area contributed by atoms with Crippen molar-refractivity contribution >= 4 is 87.2 Å². The van der Waals surface area contributed by atoms with Crippen LogP contribution in [-0.2, 0) is 21.7 Å². The molecule has 0 N–H and O–H groups in total. The van der Waals surface area contributed by atoms with Crippen molar-refractivity contribution in [3.05, 3.63) is 397 Å². The van der Waals surface area contributed by atoms with E-state index in [1.807, 2.05) is 12.4 Å². The maximum absolute atomic E-state index is 5.78. The van der Waals surface area contributed by atoms with Crippen molar-refractivity contribution in [2.75, 3.05) is 0 Å². The van der Waals surface area contributed by atoms with Gasteiger partial charge in [-0.3, -0.25) is 9.97 Å². The second-order valence-electron chi connectivity index (χ2n) is 36.8. The predicted octanol–water partition coefficient (Wildman–Crippen LogP) is 29.2. The number of hydrogen-bond donors (Lipinski definition) is 0. The van der Waals surface area contributed by atoms with Crippen molar-refractivity contribution in [3.63, 3.8) is 0 Å². The van der Waals surface area contributed by atoms with Gasteiger partial charge in [-0.25, -0.2) is 9.97 Å². The summed E-state index contributed by atoms with van der Waals surface area (Å²) in [4.78, 5) is 21.9. The van der Waals surface area contributed by atoms with Crippen molar-refractivity contribution in [2.45, 2.75) is 77.0 Å². The van der Waals surface area contributed by atoms with Crippen LogP contribution in [0.3, 0.4) is 0 Å². The molecule has 0 saturated carbocycles. The zero-order valence-electron chi connectivity index (χ0n) is 70.1. The molecule has 0 unspecified atom stereocenters. The number of para-hydroxylation sites is 4. The summed E-state index contributed by atoms with van der Waals surface area (Å²) < 4.78 is 10.1. The molecule has 7 heterocycles. The van der Waals surface area contributed by atoms with Gasteiger partial charge in [0, 0.05) is 128 Å². The van der Waals surface area contributed by atoms with Crippen molar-refractivity contribution in [1.82, 2.24) is 38.2 Å². The highest BCUT2D eigenvalue weighted by atomic mass is 15.0. The van der Waals surface area contributed by atoms with Gasteiger partial charge in [-0.1, -0.05) is 268 Å². The molecule has 0 amide bonds. The van der Waals surface area contributed by atoms with E-state index >= 15 is 0 Å². The lowest BCUT2D eigenvalue weighted by Crippen LogP contribution is -2.15. The zero-order chi connectivity index (χ0) is 82.7. The molecule has 26 rings (SSSR count). The molecule has 586 valence electrons. The van der Waals surface area contributed by atoms with Gasteiger partial charge in [0.05, 0.1) is 78.3 Å². The van der Waals surface area contributed by atoms with Gasteiger partial charge in [0.25, 0.3) is 0 Å². The molecule has 0 radical (unpaired) electrons. The number of rotatable bonds is 9. The smallest absolute Gasteiger partial charge is 0.160 e. The fraction of sp³-hybridized carbons (Fsp3) is 0.103. The van der Waals surface area contributed by atoms with Crippen LogP contribution in [0.15, 0.2) is 352 Å². The largest absolute Gasteiger partial charge is 0.309 e. The minimum Gasteiger partial charge on any atom is -0.309 e. The predicted molar refractivity (Wildman–Crippen MR) is 512 cm³/mol. The van der Waals surface area contributed by atoms with E-state index in [2.05, 4.69) is 414 Å². The van der Waals surface area contributed by atoms with Crippen LogP contribution in [0.1, 0.15) is 99.9 Å². The van der Waals surface area contributed by atoms with Gasteiger partial charge in [0.15, 0.2) is 5.82 Å². The second-order valence-corrected chi connectivity index (χ2v) is 36.8. The lowest BCUT2D eigenvalue weighted by molar-refractivity contribution is 0.661. The third kappa shape index (κ3) is 9.62. The van der Waals surface area contributed by atoms with Crippen molar-refractivity contribution in [2.24, 2.45) is 0 Å². The maximum atomic E-state index is 5.78. The number of fused-ring (bicyclic) bond motifs is 24. The highest BCUT2D eigenvalue weighted by Gasteiger charge is 2.42. The van der Waals surface area contributed by atoms with Crippen LogP contribution < -0.4 is 0 Å². The Hall–Kier alpha value is -15.1. The fourth-order valence-corrected chi connectivity index (χ4v) is 22.9. The van der Waals surface area contributed by atoms with Gasteiger partial charge in [0.2, 0.25) is 0 Å². The third-order valence-corrected chi connectivity index (χ3v) is 29.0. The highest BCUT2D eigenvalue weighted by molar-refractivity contribution is 6.17. The van der Waals surface area contributed by atoms with E-state index in [0.29, 0.717) is 5.82 Å². The van der Waals surface area contributed by atoms with Gasteiger partial charge in [-0.15, -0.1) is 0 Å². The first-order chi connectivity index (χ1) is 60.5. The van der Waals surface area contributed by atoms with E-state index in [4.69, 9.17) is 19.9 Å². The van der Waals surface area contributed by atoms with Crippen molar-refractivity contribution < 1.29 is 0 Å². The first kappa shape index (κ1) is 70.7. The van der Waals surface area contributed by atoms with Crippen LogP contribution in [0.5, 0.6) is 0 Å².